The van der Waals surface area contributed by atoms with Crippen LogP contribution >= 0.6 is 0 Å². The zero-order valence-corrected chi connectivity index (χ0v) is 11.7. The number of aryl methyl sites for hydroxylation is 1. The third kappa shape index (κ3) is 2.26. The fourth-order valence-corrected chi connectivity index (χ4v) is 2.09. The number of hydrogen-bond acceptors (Lipinski definition) is 2. The van der Waals surface area contributed by atoms with E-state index in [2.05, 4.69) is 44.0 Å². The van der Waals surface area contributed by atoms with Crippen LogP contribution < -0.4 is 4.74 Å². The van der Waals surface area contributed by atoms with E-state index >= 15 is 0 Å². The summed E-state index contributed by atoms with van der Waals surface area (Å²) in [5.74, 6) is 1.87. The second kappa shape index (κ2) is 4.48. The number of imidazole rings is 1. The quantitative estimate of drug-likeness (QED) is 0.809. The van der Waals surface area contributed by atoms with Crippen molar-refractivity contribution in [1.29, 1.82) is 0 Å². The van der Waals surface area contributed by atoms with Crippen molar-refractivity contribution in [2.24, 2.45) is 7.05 Å². The Hall–Kier alpha value is -1.77. The highest BCUT2D eigenvalue weighted by atomic mass is 16.5. The summed E-state index contributed by atoms with van der Waals surface area (Å²) >= 11 is 0. The van der Waals surface area contributed by atoms with E-state index in [1.54, 1.807) is 13.3 Å². The van der Waals surface area contributed by atoms with Gasteiger partial charge in [-0.05, 0) is 17.0 Å². The summed E-state index contributed by atoms with van der Waals surface area (Å²) in [7, 11) is 3.71. The maximum Gasteiger partial charge on any atom is 0.139 e. The number of hydrogen-bond donors (Lipinski definition) is 0. The van der Waals surface area contributed by atoms with Crippen molar-refractivity contribution in [3.63, 3.8) is 0 Å². The van der Waals surface area contributed by atoms with E-state index in [1.807, 2.05) is 17.8 Å². The van der Waals surface area contributed by atoms with Crippen molar-refractivity contribution in [1.82, 2.24) is 9.55 Å². The van der Waals surface area contributed by atoms with Gasteiger partial charge in [-0.25, -0.2) is 4.98 Å². The minimum absolute atomic E-state index is 0.0749. The zero-order valence-electron chi connectivity index (χ0n) is 11.7. The number of rotatable bonds is 2. The van der Waals surface area contributed by atoms with E-state index < -0.39 is 0 Å². The molecule has 2 aromatic rings. The van der Waals surface area contributed by atoms with E-state index in [0.29, 0.717) is 0 Å². The van der Waals surface area contributed by atoms with E-state index in [1.165, 1.54) is 5.56 Å². The molecule has 0 bridgehead atoms. The van der Waals surface area contributed by atoms with Crippen molar-refractivity contribution in [3.05, 3.63) is 36.2 Å². The van der Waals surface area contributed by atoms with Gasteiger partial charge in [0, 0.05) is 25.0 Å². The first-order valence-electron chi connectivity index (χ1n) is 6.09. The number of nitrogens with zero attached hydrogens (tertiary/aromatic N) is 2. The summed E-state index contributed by atoms with van der Waals surface area (Å²) in [5.41, 5.74) is 2.36. The zero-order chi connectivity index (χ0) is 13.3. The smallest absolute Gasteiger partial charge is 0.139 e. The largest absolute Gasteiger partial charge is 0.496 e. The monoisotopic (exact) mass is 244 g/mol. The molecule has 0 aliphatic rings. The van der Waals surface area contributed by atoms with Crippen LogP contribution in [0.5, 0.6) is 5.75 Å². The molecular weight excluding hydrogens is 224 g/mol. The Morgan fingerprint density at radius 1 is 1.22 bits per heavy atom. The van der Waals surface area contributed by atoms with Crippen molar-refractivity contribution >= 4 is 0 Å². The van der Waals surface area contributed by atoms with Gasteiger partial charge in [-0.3, -0.25) is 0 Å². The van der Waals surface area contributed by atoms with Crippen molar-refractivity contribution in [3.8, 4) is 17.1 Å². The summed E-state index contributed by atoms with van der Waals surface area (Å²) in [6.45, 7) is 6.56. The Morgan fingerprint density at radius 2 is 1.94 bits per heavy atom. The van der Waals surface area contributed by atoms with Crippen LogP contribution in [0.4, 0.5) is 0 Å². The molecule has 0 N–H and O–H groups in total. The molecule has 0 fully saturated rings. The molecule has 0 spiro atoms. The van der Waals surface area contributed by atoms with Gasteiger partial charge in [-0.2, -0.15) is 0 Å². The average Bonchev–Trinajstić information content (AvgIpc) is 2.73. The van der Waals surface area contributed by atoms with Gasteiger partial charge in [-0.1, -0.05) is 32.9 Å². The molecule has 96 valence electrons. The van der Waals surface area contributed by atoms with Gasteiger partial charge in [0.05, 0.1) is 7.11 Å². The molecule has 0 saturated carbocycles. The predicted molar refractivity (Wildman–Crippen MR) is 73.9 cm³/mol. The second-order valence-electron chi connectivity index (χ2n) is 5.53. The summed E-state index contributed by atoms with van der Waals surface area (Å²) in [5, 5.41) is 0. The van der Waals surface area contributed by atoms with E-state index in [0.717, 1.165) is 17.1 Å². The molecule has 0 saturated heterocycles. The van der Waals surface area contributed by atoms with E-state index in [9.17, 15) is 0 Å². The second-order valence-corrected chi connectivity index (χ2v) is 5.53. The van der Waals surface area contributed by atoms with Gasteiger partial charge in [0.15, 0.2) is 0 Å². The van der Waals surface area contributed by atoms with Crippen LogP contribution in [-0.2, 0) is 12.5 Å². The first kappa shape index (κ1) is 12.7. The lowest BCUT2D eigenvalue weighted by atomic mass is 9.85. The SMILES string of the molecule is COc1cc(-c2nccn2C)ccc1C(C)(C)C. The van der Waals surface area contributed by atoms with Gasteiger partial charge in [0.2, 0.25) is 0 Å². The molecule has 0 amide bonds. The standard InChI is InChI=1S/C15H20N2O/c1-15(2,3)12-7-6-11(10-13(12)18-5)14-16-8-9-17(14)4/h6-10H,1-5H3. The molecule has 18 heavy (non-hydrogen) atoms. The summed E-state index contributed by atoms with van der Waals surface area (Å²) in [4.78, 5) is 4.36. The Bertz CT molecular complexity index is 550. The Kier molecular flexibility index (Phi) is 3.16. The fraction of sp³-hybridized carbons (Fsp3) is 0.400. The number of ether oxygens (including phenoxy) is 1. The van der Waals surface area contributed by atoms with Crippen LogP contribution in [0.1, 0.15) is 26.3 Å². The lowest BCUT2D eigenvalue weighted by molar-refractivity contribution is 0.398. The van der Waals surface area contributed by atoms with Crippen molar-refractivity contribution in [2.45, 2.75) is 26.2 Å². The molecule has 0 aliphatic heterocycles. The normalized spacial score (nSPS) is 11.6. The number of benzene rings is 1. The summed E-state index contributed by atoms with van der Waals surface area (Å²) in [6, 6.07) is 6.29. The highest BCUT2D eigenvalue weighted by Gasteiger charge is 2.19. The average molecular weight is 244 g/mol. The molecule has 1 aromatic carbocycles. The summed E-state index contributed by atoms with van der Waals surface area (Å²) in [6.07, 6.45) is 3.75. The Labute approximate surface area is 108 Å². The third-order valence-electron chi connectivity index (χ3n) is 3.09. The highest BCUT2D eigenvalue weighted by molar-refractivity contribution is 5.60. The fourth-order valence-electron chi connectivity index (χ4n) is 2.09. The van der Waals surface area contributed by atoms with Gasteiger partial charge >= 0.3 is 0 Å². The Morgan fingerprint density at radius 3 is 2.44 bits per heavy atom. The van der Waals surface area contributed by atoms with Gasteiger partial charge in [-0.15, -0.1) is 0 Å². The molecular formula is C15H20N2O. The van der Waals surface area contributed by atoms with Crippen molar-refractivity contribution in [2.75, 3.05) is 7.11 Å². The van der Waals surface area contributed by atoms with E-state index in [-0.39, 0.29) is 5.41 Å². The van der Waals surface area contributed by atoms with Crippen LogP contribution in [0, 0.1) is 0 Å². The molecule has 0 atom stereocenters. The number of methoxy groups -OCH3 is 1. The minimum Gasteiger partial charge on any atom is -0.496 e. The molecule has 0 unspecified atom stereocenters. The van der Waals surface area contributed by atoms with Crippen LogP contribution in [0.15, 0.2) is 30.6 Å². The van der Waals surface area contributed by atoms with Crippen LogP contribution in [-0.4, -0.2) is 16.7 Å². The van der Waals surface area contributed by atoms with Crippen LogP contribution in [0.25, 0.3) is 11.4 Å². The number of aromatic nitrogens is 2. The molecule has 3 heteroatoms. The van der Waals surface area contributed by atoms with Crippen LogP contribution in [0.2, 0.25) is 0 Å². The lowest BCUT2D eigenvalue weighted by Crippen LogP contribution is -2.12. The molecule has 1 heterocycles. The van der Waals surface area contributed by atoms with Gasteiger partial charge in [0.25, 0.3) is 0 Å². The predicted octanol–water partition coefficient (Wildman–Crippen LogP) is 3.39. The van der Waals surface area contributed by atoms with E-state index in [4.69, 9.17) is 4.74 Å². The van der Waals surface area contributed by atoms with Gasteiger partial charge < -0.3 is 9.30 Å². The third-order valence-corrected chi connectivity index (χ3v) is 3.09. The lowest BCUT2D eigenvalue weighted by Gasteiger charge is -2.22. The topological polar surface area (TPSA) is 27.1 Å². The van der Waals surface area contributed by atoms with Crippen molar-refractivity contribution < 1.29 is 4.74 Å². The maximum absolute atomic E-state index is 5.51. The first-order chi connectivity index (χ1) is 8.43. The minimum atomic E-state index is 0.0749. The highest BCUT2D eigenvalue weighted by Crippen LogP contribution is 2.34. The molecule has 0 radical (unpaired) electrons. The molecule has 2 rings (SSSR count). The molecule has 0 aliphatic carbocycles. The maximum atomic E-state index is 5.51. The molecule has 3 nitrogen and oxygen atoms in total. The van der Waals surface area contributed by atoms with Crippen LogP contribution in [0.3, 0.4) is 0 Å². The van der Waals surface area contributed by atoms with Gasteiger partial charge in [0.1, 0.15) is 11.6 Å². The summed E-state index contributed by atoms with van der Waals surface area (Å²) < 4.78 is 7.52. The Balaban J connectivity index is 2.52. The first-order valence-corrected chi connectivity index (χ1v) is 6.09. The molecule has 1 aromatic heterocycles.